The number of carboxylic acid groups (broad SMARTS) is 2. The number of carbonyl (C=O) groups excluding carboxylic acids is 3. The van der Waals surface area contributed by atoms with Crippen molar-refractivity contribution < 1.29 is 24.6 Å². The van der Waals surface area contributed by atoms with E-state index < -0.39 is 23.8 Å². The predicted octanol–water partition coefficient (Wildman–Crippen LogP) is -0.599. The summed E-state index contributed by atoms with van der Waals surface area (Å²) in [6, 6.07) is 5.60. The zero-order chi connectivity index (χ0) is 15.9. The highest BCUT2D eigenvalue weighted by molar-refractivity contribution is 5.96. The normalized spacial score (nSPS) is 29.3. The average Bonchev–Trinajstić information content (AvgIpc) is 3.08. The summed E-state index contributed by atoms with van der Waals surface area (Å²) >= 11 is 0. The maximum atomic E-state index is 12.4. The summed E-state index contributed by atoms with van der Waals surface area (Å²) in [6.07, 6.45) is 2.48. The van der Waals surface area contributed by atoms with Crippen LogP contribution in [0.5, 0.6) is 0 Å². The Labute approximate surface area is 127 Å². The largest absolute Gasteiger partial charge is 0.550 e. The fraction of sp³-hybridized carbons (Fsp3) is 0.438. The Bertz CT molecular complexity index is 624. The minimum Gasteiger partial charge on any atom is -0.550 e. The number of carboxylic acids is 2. The van der Waals surface area contributed by atoms with E-state index in [2.05, 4.69) is 5.32 Å². The fourth-order valence-corrected chi connectivity index (χ4v) is 3.92. The molecular weight excluding hydrogens is 286 g/mol. The van der Waals surface area contributed by atoms with E-state index in [0.29, 0.717) is 5.69 Å². The highest BCUT2D eigenvalue weighted by Gasteiger charge is 2.51. The Morgan fingerprint density at radius 1 is 0.955 bits per heavy atom. The third-order valence-electron chi connectivity index (χ3n) is 4.88. The molecule has 0 aliphatic heterocycles. The van der Waals surface area contributed by atoms with E-state index in [0.717, 1.165) is 19.3 Å². The smallest absolute Gasteiger partial charge is 0.228 e. The van der Waals surface area contributed by atoms with Gasteiger partial charge >= 0.3 is 0 Å². The van der Waals surface area contributed by atoms with Gasteiger partial charge < -0.3 is 25.1 Å². The molecule has 2 aliphatic carbocycles. The van der Waals surface area contributed by atoms with Gasteiger partial charge in [0.1, 0.15) is 0 Å². The number of benzene rings is 1. The van der Waals surface area contributed by atoms with Crippen LogP contribution in [0, 0.1) is 23.7 Å². The monoisotopic (exact) mass is 301 g/mol. The van der Waals surface area contributed by atoms with Gasteiger partial charge in [0.2, 0.25) is 5.91 Å². The molecule has 6 heteroatoms. The molecule has 1 N–H and O–H groups in total. The van der Waals surface area contributed by atoms with Crippen LogP contribution in [-0.2, 0) is 9.59 Å². The van der Waals surface area contributed by atoms with E-state index >= 15 is 0 Å². The Kier molecular flexibility index (Phi) is 3.60. The lowest BCUT2D eigenvalue weighted by molar-refractivity contribution is -0.314. The lowest BCUT2D eigenvalue weighted by Gasteiger charge is -2.30. The van der Waals surface area contributed by atoms with Crippen LogP contribution in [-0.4, -0.2) is 17.8 Å². The molecule has 1 aromatic rings. The minimum absolute atomic E-state index is 0.0190. The Morgan fingerprint density at radius 2 is 1.55 bits per heavy atom. The molecule has 0 aromatic heterocycles. The van der Waals surface area contributed by atoms with Gasteiger partial charge in [0, 0.05) is 23.5 Å². The maximum absolute atomic E-state index is 12.4. The topological polar surface area (TPSA) is 109 Å². The SMILES string of the molecule is O=C([O-])c1ccc(NC(=O)[C@@H]2[C@H]3CC[C@@H](C3)[C@@H]2C(=O)[O-])cc1. The fourth-order valence-electron chi connectivity index (χ4n) is 3.92. The van der Waals surface area contributed by atoms with Crippen molar-refractivity contribution in [2.45, 2.75) is 19.3 Å². The highest BCUT2D eigenvalue weighted by Crippen LogP contribution is 2.52. The van der Waals surface area contributed by atoms with Gasteiger partial charge in [-0.25, -0.2) is 0 Å². The molecule has 6 nitrogen and oxygen atoms in total. The summed E-state index contributed by atoms with van der Waals surface area (Å²) in [5.74, 6) is -3.93. The predicted molar refractivity (Wildman–Crippen MR) is 72.2 cm³/mol. The van der Waals surface area contributed by atoms with Gasteiger partial charge in [-0.2, -0.15) is 0 Å². The molecule has 22 heavy (non-hydrogen) atoms. The van der Waals surface area contributed by atoms with Crippen LogP contribution < -0.4 is 15.5 Å². The lowest BCUT2D eigenvalue weighted by Crippen LogP contribution is -2.43. The van der Waals surface area contributed by atoms with Gasteiger partial charge in [0.05, 0.1) is 5.97 Å². The van der Waals surface area contributed by atoms with Crippen LogP contribution in [0.2, 0.25) is 0 Å². The van der Waals surface area contributed by atoms with Gasteiger partial charge in [0.25, 0.3) is 0 Å². The van der Waals surface area contributed by atoms with E-state index in [9.17, 15) is 24.6 Å². The standard InChI is InChI=1S/C16H17NO5/c18-14(17-11-5-3-8(4-6-11)15(19)20)12-9-1-2-10(7-9)13(12)16(21)22/h3-6,9-10,12-13H,1-2,7H2,(H,17,18)(H,19,20)(H,21,22)/p-2/t9-,10-,12+,13-/m0/s1. The molecule has 0 saturated heterocycles. The Balaban J connectivity index is 1.73. The number of anilines is 1. The van der Waals surface area contributed by atoms with Crippen molar-refractivity contribution in [2.75, 3.05) is 5.32 Å². The maximum Gasteiger partial charge on any atom is 0.228 e. The number of fused-ring (bicyclic) bond motifs is 2. The van der Waals surface area contributed by atoms with E-state index in [4.69, 9.17) is 0 Å². The van der Waals surface area contributed by atoms with Crippen molar-refractivity contribution in [2.24, 2.45) is 23.7 Å². The number of hydrogen-bond acceptors (Lipinski definition) is 5. The van der Waals surface area contributed by atoms with Crippen LogP contribution >= 0.6 is 0 Å². The first-order chi connectivity index (χ1) is 10.5. The molecule has 0 heterocycles. The molecule has 2 bridgehead atoms. The van der Waals surface area contributed by atoms with Gasteiger partial charge in [-0.05, 0) is 48.8 Å². The third-order valence-corrected chi connectivity index (χ3v) is 4.88. The summed E-state index contributed by atoms with van der Waals surface area (Å²) in [5.41, 5.74) is 0.459. The zero-order valence-electron chi connectivity index (χ0n) is 11.8. The third kappa shape index (κ3) is 2.45. The van der Waals surface area contributed by atoms with Crippen LogP contribution in [0.1, 0.15) is 29.6 Å². The first-order valence-electron chi connectivity index (χ1n) is 7.30. The van der Waals surface area contributed by atoms with E-state index in [1.54, 1.807) is 0 Å². The van der Waals surface area contributed by atoms with Crippen molar-refractivity contribution in [1.29, 1.82) is 0 Å². The van der Waals surface area contributed by atoms with Gasteiger partial charge in [0.15, 0.2) is 0 Å². The summed E-state index contributed by atoms with van der Waals surface area (Å²) in [6.45, 7) is 0. The molecule has 116 valence electrons. The molecule has 4 atom stereocenters. The minimum atomic E-state index is -1.29. The Morgan fingerprint density at radius 3 is 2.09 bits per heavy atom. The number of hydrogen-bond donors (Lipinski definition) is 1. The molecule has 0 radical (unpaired) electrons. The number of carbonyl (C=O) groups is 3. The second kappa shape index (κ2) is 5.44. The number of amides is 1. The first-order valence-corrected chi connectivity index (χ1v) is 7.30. The van der Waals surface area contributed by atoms with Crippen LogP contribution in [0.25, 0.3) is 0 Å². The zero-order valence-corrected chi connectivity index (χ0v) is 11.8. The molecule has 1 aromatic carbocycles. The number of rotatable bonds is 4. The van der Waals surface area contributed by atoms with Crippen molar-refractivity contribution >= 4 is 23.5 Å². The summed E-state index contributed by atoms with van der Waals surface area (Å²) in [5, 5.41) is 24.7. The number of aromatic carboxylic acids is 1. The Hall–Kier alpha value is -2.37. The molecule has 3 rings (SSSR count). The van der Waals surface area contributed by atoms with E-state index in [1.165, 1.54) is 24.3 Å². The molecule has 2 aliphatic rings. The molecule has 0 unspecified atom stereocenters. The van der Waals surface area contributed by atoms with Crippen molar-refractivity contribution in [3.63, 3.8) is 0 Å². The van der Waals surface area contributed by atoms with Crippen LogP contribution in [0.15, 0.2) is 24.3 Å². The van der Waals surface area contributed by atoms with Gasteiger partial charge in [-0.1, -0.05) is 12.1 Å². The van der Waals surface area contributed by atoms with Crippen LogP contribution in [0.3, 0.4) is 0 Å². The number of nitrogens with one attached hydrogen (secondary N) is 1. The van der Waals surface area contributed by atoms with Crippen LogP contribution in [0.4, 0.5) is 5.69 Å². The van der Waals surface area contributed by atoms with Crippen molar-refractivity contribution in [3.05, 3.63) is 29.8 Å². The van der Waals surface area contributed by atoms with Crippen molar-refractivity contribution in [1.82, 2.24) is 0 Å². The molecule has 2 fully saturated rings. The summed E-state index contributed by atoms with van der Waals surface area (Å²) in [4.78, 5) is 34.4. The van der Waals surface area contributed by atoms with E-state index in [1.807, 2.05) is 0 Å². The molecule has 0 spiro atoms. The quantitative estimate of drug-likeness (QED) is 0.798. The summed E-state index contributed by atoms with van der Waals surface area (Å²) in [7, 11) is 0. The number of aliphatic carboxylic acids is 1. The second-order valence-corrected chi connectivity index (χ2v) is 6.06. The van der Waals surface area contributed by atoms with Gasteiger partial charge in [-0.15, -0.1) is 0 Å². The second-order valence-electron chi connectivity index (χ2n) is 6.06. The van der Waals surface area contributed by atoms with Crippen molar-refractivity contribution in [3.8, 4) is 0 Å². The highest BCUT2D eigenvalue weighted by atomic mass is 16.4. The summed E-state index contributed by atoms with van der Waals surface area (Å²) < 4.78 is 0. The average molecular weight is 301 g/mol. The first kappa shape index (κ1) is 14.6. The van der Waals surface area contributed by atoms with Gasteiger partial charge in [-0.3, -0.25) is 4.79 Å². The molecule has 1 amide bonds. The molecular formula is C16H15NO5-2. The molecule has 2 saturated carbocycles. The lowest BCUT2D eigenvalue weighted by atomic mass is 9.78. The van der Waals surface area contributed by atoms with E-state index in [-0.39, 0.29) is 23.3 Å².